The number of anilines is 1. The second-order valence-electron chi connectivity index (χ2n) is 6.14. The van der Waals surface area contributed by atoms with Gasteiger partial charge in [0.15, 0.2) is 11.5 Å². The van der Waals surface area contributed by atoms with Crippen LogP contribution in [0.3, 0.4) is 0 Å². The normalized spacial score (nSPS) is 10.7. The van der Waals surface area contributed by atoms with Gasteiger partial charge in [-0.2, -0.15) is 0 Å². The first-order chi connectivity index (χ1) is 14.5. The lowest BCUT2D eigenvalue weighted by atomic mass is 10.2. The topological polar surface area (TPSA) is 74.1 Å². The van der Waals surface area contributed by atoms with Crippen molar-refractivity contribution < 1.29 is 9.47 Å². The quantitative estimate of drug-likeness (QED) is 0.360. The van der Waals surface area contributed by atoms with Crippen molar-refractivity contribution in [3.8, 4) is 11.5 Å². The second kappa shape index (κ2) is 10.7. The second-order valence-corrected chi connectivity index (χ2v) is 7.81. The Morgan fingerprint density at radius 1 is 1.20 bits per heavy atom. The standard InChI is InChI=1S/C20H20BrCl2N5O2/c1-3-8-28-20(25-26-27-28)24-11-13-9-18(29-4-2)19(10-15(13)21)30-12-14-16(22)6-5-7-17(14)23/h3,5-7,9-10H,1,4,8,11-12H2,2H3,(H,24,25,27). The van der Waals surface area contributed by atoms with Gasteiger partial charge in [0.05, 0.1) is 13.2 Å². The molecule has 0 fully saturated rings. The molecular weight excluding hydrogens is 493 g/mol. The highest BCUT2D eigenvalue weighted by atomic mass is 79.9. The molecule has 0 radical (unpaired) electrons. The number of tetrazole rings is 1. The summed E-state index contributed by atoms with van der Waals surface area (Å²) in [5.74, 6) is 1.75. The Balaban J connectivity index is 1.78. The molecule has 0 unspecified atom stereocenters. The summed E-state index contributed by atoms with van der Waals surface area (Å²) in [6.45, 7) is 7.33. The summed E-state index contributed by atoms with van der Waals surface area (Å²) < 4.78 is 14.2. The molecule has 7 nitrogen and oxygen atoms in total. The Labute approximate surface area is 193 Å². The van der Waals surface area contributed by atoms with Gasteiger partial charge in [-0.15, -0.1) is 6.58 Å². The van der Waals surface area contributed by atoms with Gasteiger partial charge in [0.1, 0.15) is 6.61 Å². The predicted molar refractivity (Wildman–Crippen MR) is 121 cm³/mol. The van der Waals surface area contributed by atoms with Crippen LogP contribution in [0.5, 0.6) is 11.5 Å². The van der Waals surface area contributed by atoms with Gasteiger partial charge >= 0.3 is 0 Å². The monoisotopic (exact) mass is 511 g/mol. The van der Waals surface area contributed by atoms with Gasteiger partial charge < -0.3 is 14.8 Å². The van der Waals surface area contributed by atoms with Crippen LogP contribution in [0.25, 0.3) is 0 Å². The first kappa shape index (κ1) is 22.4. The average molecular weight is 513 g/mol. The smallest absolute Gasteiger partial charge is 0.243 e. The SMILES string of the molecule is C=CCn1nnnc1NCc1cc(OCC)c(OCc2c(Cl)cccc2Cl)cc1Br. The number of rotatable bonds is 10. The summed E-state index contributed by atoms with van der Waals surface area (Å²) in [6.07, 6.45) is 1.72. The van der Waals surface area contributed by atoms with Gasteiger partial charge in [0, 0.05) is 26.6 Å². The number of allylic oxidation sites excluding steroid dienone is 1. The van der Waals surface area contributed by atoms with Gasteiger partial charge in [-0.05, 0) is 47.2 Å². The maximum Gasteiger partial charge on any atom is 0.243 e. The maximum atomic E-state index is 6.24. The molecule has 0 saturated heterocycles. The molecule has 3 rings (SSSR count). The highest BCUT2D eigenvalue weighted by molar-refractivity contribution is 9.10. The third-order valence-corrected chi connectivity index (χ3v) is 5.56. The van der Waals surface area contributed by atoms with Crippen LogP contribution in [0.4, 0.5) is 5.95 Å². The number of hydrogen-bond acceptors (Lipinski definition) is 6. The zero-order valence-corrected chi connectivity index (χ0v) is 19.3. The Bertz CT molecular complexity index is 1010. The van der Waals surface area contributed by atoms with Crippen molar-refractivity contribution in [2.24, 2.45) is 0 Å². The molecule has 0 atom stereocenters. The van der Waals surface area contributed by atoms with Gasteiger partial charge in [-0.25, -0.2) is 4.68 Å². The number of ether oxygens (including phenoxy) is 2. The molecule has 2 aromatic carbocycles. The minimum absolute atomic E-state index is 0.221. The van der Waals surface area contributed by atoms with Crippen molar-refractivity contribution >= 4 is 45.1 Å². The first-order valence-electron chi connectivity index (χ1n) is 9.15. The number of benzene rings is 2. The number of halogens is 3. The molecule has 158 valence electrons. The van der Waals surface area contributed by atoms with Gasteiger partial charge in [-0.1, -0.05) is 56.4 Å². The number of nitrogens with one attached hydrogen (secondary N) is 1. The summed E-state index contributed by atoms with van der Waals surface area (Å²) in [5, 5.41) is 15.9. The van der Waals surface area contributed by atoms with Crippen molar-refractivity contribution in [2.45, 2.75) is 26.6 Å². The highest BCUT2D eigenvalue weighted by Gasteiger charge is 2.14. The van der Waals surface area contributed by atoms with E-state index in [1.54, 1.807) is 29.0 Å². The molecule has 1 N–H and O–H groups in total. The van der Waals surface area contributed by atoms with Crippen LogP contribution in [-0.2, 0) is 19.7 Å². The largest absolute Gasteiger partial charge is 0.490 e. The molecule has 0 amide bonds. The molecule has 0 aliphatic carbocycles. The molecule has 1 aromatic heterocycles. The highest BCUT2D eigenvalue weighted by Crippen LogP contribution is 2.35. The van der Waals surface area contributed by atoms with Gasteiger partial charge in [0.25, 0.3) is 0 Å². The lowest BCUT2D eigenvalue weighted by molar-refractivity contribution is 0.269. The summed E-state index contributed by atoms with van der Waals surface area (Å²) in [4.78, 5) is 0. The minimum atomic E-state index is 0.221. The zero-order chi connectivity index (χ0) is 21.5. The first-order valence-corrected chi connectivity index (χ1v) is 10.7. The van der Waals surface area contributed by atoms with E-state index in [0.29, 0.717) is 47.2 Å². The van der Waals surface area contributed by atoms with Crippen LogP contribution in [0.1, 0.15) is 18.1 Å². The fourth-order valence-corrected chi connectivity index (χ4v) is 3.63. The van der Waals surface area contributed by atoms with E-state index in [2.05, 4.69) is 43.4 Å². The van der Waals surface area contributed by atoms with Crippen molar-refractivity contribution in [3.05, 3.63) is 68.6 Å². The van der Waals surface area contributed by atoms with Crippen LogP contribution in [0.15, 0.2) is 47.5 Å². The third kappa shape index (κ3) is 5.44. The molecule has 30 heavy (non-hydrogen) atoms. The summed E-state index contributed by atoms with van der Waals surface area (Å²) in [7, 11) is 0. The Morgan fingerprint density at radius 2 is 1.93 bits per heavy atom. The fraction of sp³-hybridized carbons (Fsp3) is 0.250. The lowest BCUT2D eigenvalue weighted by Crippen LogP contribution is -2.09. The number of nitrogens with zero attached hydrogens (tertiary/aromatic N) is 4. The van der Waals surface area contributed by atoms with E-state index in [1.165, 1.54) is 0 Å². The Hall–Kier alpha value is -2.29. The van der Waals surface area contributed by atoms with E-state index in [-0.39, 0.29) is 6.61 Å². The van der Waals surface area contributed by atoms with Gasteiger partial charge in [-0.3, -0.25) is 0 Å². The Kier molecular flexibility index (Phi) is 7.95. The van der Waals surface area contributed by atoms with Crippen LogP contribution >= 0.6 is 39.1 Å². The summed E-state index contributed by atoms with van der Waals surface area (Å²) in [5.41, 5.74) is 1.67. The number of aromatic nitrogens is 4. The summed E-state index contributed by atoms with van der Waals surface area (Å²) >= 11 is 16.1. The van der Waals surface area contributed by atoms with E-state index in [4.69, 9.17) is 32.7 Å². The molecule has 0 saturated carbocycles. The van der Waals surface area contributed by atoms with Crippen LogP contribution in [-0.4, -0.2) is 26.8 Å². The van der Waals surface area contributed by atoms with Crippen molar-refractivity contribution in [1.29, 1.82) is 0 Å². The van der Waals surface area contributed by atoms with Gasteiger partial charge in [0.2, 0.25) is 5.95 Å². The molecule has 0 bridgehead atoms. The summed E-state index contributed by atoms with van der Waals surface area (Å²) in [6, 6.07) is 9.12. The molecular formula is C20H20BrCl2N5O2. The maximum absolute atomic E-state index is 6.24. The molecule has 1 heterocycles. The van der Waals surface area contributed by atoms with Crippen molar-refractivity contribution in [3.63, 3.8) is 0 Å². The van der Waals surface area contributed by atoms with Crippen LogP contribution in [0, 0.1) is 0 Å². The van der Waals surface area contributed by atoms with Crippen LogP contribution in [0.2, 0.25) is 10.0 Å². The van der Waals surface area contributed by atoms with E-state index in [0.717, 1.165) is 15.6 Å². The molecule has 10 heteroatoms. The Morgan fingerprint density at radius 3 is 2.63 bits per heavy atom. The number of hydrogen-bond donors (Lipinski definition) is 1. The van der Waals surface area contributed by atoms with Crippen molar-refractivity contribution in [1.82, 2.24) is 20.2 Å². The zero-order valence-electron chi connectivity index (χ0n) is 16.2. The van der Waals surface area contributed by atoms with Crippen LogP contribution < -0.4 is 14.8 Å². The fourth-order valence-electron chi connectivity index (χ4n) is 2.66. The molecule has 0 aliphatic heterocycles. The lowest BCUT2D eigenvalue weighted by Gasteiger charge is -2.16. The van der Waals surface area contributed by atoms with Crippen molar-refractivity contribution in [2.75, 3.05) is 11.9 Å². The van der Waals surface area contributed by atoms with E-state index >= 15 is 0 Å². The minimum Gasteiger partial charge on any atom is -0.490 e. The van der Waals surface area contributed by atoms with E-state index in [1.807, 2.05) is 19.1 Å². The average Bonchev–Trinajstić information content (AvgIpc) is 3.16. The molecule has 3 aromatic rings. The molecule has 0 spiro atoms. The van der Waals surface area contributed by atoms with E-state index < -0.39 is 0 Å². The predicted octanol–water partition coefficient (Wildman–Crippen LogP) is 5.52. The van der Waals surface area contributed by atoms with E-state index in [9.17, 15) is 0 Å². The third-order valence-electron chi connectivity index (χ3n) is 4.12. The molecule has 0 aliphatic rings.